The van der Waals surface area contributed by atoms with Crippen molar-refractivity contribution in [1.29, 1.82) is 0 Å². The summed E-state index contributed by atoms with van der Waals surface area (Å²) in [7, 11) is 1.30. The molecule has 0 saturated carbocycles. The third-order valence-electron chi connectivity index (χ3n) is 4.67. The normalized spacial score (nSPS) is 16.2. The van der Waals surface area contributed by atoms with Gasteiger partial charge in [0.05, 0.1) is 24.8 Å². The highest BCUT2D eigenvalue weighted by molar-refractivity contribution is 6.23. The van der Waals surface area contributed by atoms with Gasteiger partial charge in [-0.1, -0.05) is 6.07 Å². The fraction of sp³-hybridized carbons (Fsp3) is 0.238. The number of ether oxygens (including phenoxy) is 1. The topological polar surface area (TPSA) is 92.8 Å². The highest BCUT2D eigenvalue weighted by Crippen LogP contribution is 2.27. The Morgan fingerprint density at radius 1 is 1.07 bits per heavy atom. The third kappa shape index (κ3) is 3.64. The Hall–Kier alpha value is -3.48. The Bertz CT molecular complexity index is 965. The van der Waals surface area contributed by atoms with Crippen molar-refractivity contribution in [3.05, 3.63) is 59.2 Å². The number of amides is 2. The smallest absolute Gasteiger partial charge is 0.337 e. The van der Waals surface area contributed by atoms with Crippen LogP contribution in [0.3, 0.4) is 0 Å². The molecule has 2 aromatic rings. The highest BCUT2D eigenvalue weighted by Gasteiger charge is 2.39. The van der Waals surface area contributed by atoms with Crippen LogP contribution in [0.15, 0.2) is 42.5 Å². The van der Waals surface area contributed by atoms with Crippen LogP contribution in [-0.2, 0) is 14.3 Å². The molecule has 7 heteroatoms. The van der Waals surface area contributed by atoms with Crippen LogP contribution in [0, 0.1) is 6.92 Å². The van der Waals surface area contributed by atoms with Crippen molar-refractivity contribution in [2.75, 3.05) is 17.3 Å². The first-order valence-corrected chi connectivity index (χ1v) is 8.75. The van der Waals surface area contributed by atoms with Gasteiger partial charge in [0.1, 0.15) is 6.04 Å². The minimum atomic E-state index is -0.744. The lowest BCUT2D eigenvalue weighted by molar-refractivity contribution is -0.121. The molecule has 0 radical (unpaired) electrons. The predicted molar refractivity (Wildman–Crippen MR) is 103 cm³/mol. The number of rotatable bonds is 5. The molecular weight excluding hydrogens is 360 g/mol. The number of nitrogens with zero attached hydrogens (tertiary/aromatic N) is 1. The second-order valence-corrected chi connectivity index (χ2v) is 6.59. The zero-order valence-corrected chi connectivity index (χ0v) is 15.8. The van der Waals surface area contributed by atoms with Crippen molar-refractivity contribution in [3.8, 4) is 0 Å². The number of anilines is 2. The zero-order chi connectivity index (χ0) is 20.4. The van der Waals surface area contributed by atoms with E-state index in [0.717, 1.165) is 10.5 Å². The molecular formula is C21H20N2O5. The van der Waals surface area contributed by atoms with Crippen molar-refractivity contribution in [1.82, 2.24) is 0 Å². The molecule has 0 aromatic heterocycles. The van der Waals surface area contributed by atoms with Crippen LogP contribution in [0.2, 0.25) is 0 Å². The minimum Gasteiger partial charge on any atom is -0.465 e. The molecule has 0 aliphatic carbocycles. The Labute approximate surface area is 162 Å². The Morgan fingerprint density at radius 3 is 2.32 bits per heavy atom. The molecule has 0 unspecified atom stereocenters. The predicted octanol–water partition coefficient (Wildman–Crippen LogP) is 2.73. The molecule has 7 nitrogen and oxygen atoms in total. The van der Waals surface area contributed by atoms with Crippen LogP contribution in [0.25, 0.3) is 0 Å². The number of hydrogen-bond acceptors (Lipinski definition) is 6. The molecule has 2 aromatic carbocycles. The van der Waals surface area contributed by atoms with E-state index >= 15 is 0 Å². The lowest BCUT2D eigenvalue weighted by Crippen LogP contribution is -2.35. The largest absolute Gasteiger partial charge is 0.465 e. The van der Waals surface area contributed by atoms with Crippen LogP contribution >= 0.6 is 0 Å². The minimum absolute atomic E-state index is 0.00478. The van der Waals surface area contributed by atoms with Gasteiger partial charge in [-0.25, -0.2) is 9.69 Å². The number of benzene rings is 2. The van der Waals surface area contributed by atoms with Gasteiger partial charge in [0.2, 0.25) is 5.91 Å². The maximum absolute atomic E-state index is 12.8. The molecule has 0 spiro atoms. The fourth-order valence-corrected chi connectivity index (χ4v) is 3.07. The molecule has 1 N–H and O–H groups in total. The van der Waals surface area contributed by atoms with Crippen molar-refractivity contribution in [3.63, 3.8) is 0 Å². The Morgan fingerprint density at radius 2 is 1.71 bits per heavy atom. The summed E-state index contributed by atoms with van der Waals surface area (Å²) in [5, 5.41) is 3.06. The number of hydrogen-bond donors (Lipinski definition) is 1. The van der Waals surface area contributed by atoms with Crippen molar-refractivity contribution in [2.24, 2.45) is 0 Å². The average molecular weight is 380 g/mol. The number of carbonyl (C=O) groups is 4. The number of Topliss-reactive ketones (excluding diaryl/α,β-unsaturated/α-hetero) is 1. The summed E-state index contributed by atoms with van der Waals surface area (Å²) in [5.41, 5.74) is 2.70. The first kappa shape index (κ1) is 19.3. The summed E-state index contributed by atoms with van der Waals surface area (Å²) in [4.78, 5) is 49.5. The molecule has 28 heavy (non-hydrogen) atoms. The molecule has 2 amide bonds. The van der Waals surface area contributed by atoms with Gasteiger partial charge in [0.25, 0.3) is 5.91 Å². The van der Waals surface area contributed by atoms with E-state index in [1.807, 2.05) is 6.92 Å². The monoisotopic (exact) mass is 380 g/mol. The van der Waals surface area contributed by atoms with Crippen LogP contribution in [0.5, 0.6) is 0 Å². The third-order valence-corrected chi connectivity index (χ3v) is 4.67. The molecule has 1 aliphatic heterocycles. The Balaban J connectivity index is 1.82. The van der Waals surface area contributed by atoms with Gasteiger partial charge in [0, 0.05) is 11.3 Å². The van der Waals surface area contributed by atoms with Gasteiger partial charge in [0.15, 0.2) is 5.78 Å². The number of carbonyl (C=O) groups excluding carboxylic acids is 4. The fourth-order valence-electron chi connectivity index (χ4n) is 3.07. The van der Waals surface area contributed by atoms with E-state index in [1.165, 1.54) is 14.0 Å². The summed E-state index contributed by atoms with van der Waals surface area (Å²) in [6.45, 7) is 3.29. The van der Waals surface area contributed by atoms with E-state index in [0.29, 0.717) is 22.5 Å². The molecule has 1 saturated heterocycles. The number of imide groups is 1. The molecule has 0 bridgehead atoms. The number of nitrogens with one attached hydrogen (secondary N) is 1. The maximum atomic E-state index is 12.8. The standard InChI is InChI=1S/C21H20N2O5/c1-12-4-5-15(21(27)28-3)10-17(12)22-18-11-19(25)23(20(18)26)16-8-6-14(7-9-16)13(2)24/h4-10,18,22H,11H2,1-3H3/t18-/m1/s1. The van der Waals surface area contributed by atoms with Gasteiger partial charge >= 0.3 is 5.97 Å². The first-order chi connectivity index (χ1) is 13.3. The lowest BCUT2D eigenvalue weighted by atomic mass is 10.1. The van der Waals surface area contributed by atoms with Crippen molar-refractivity contribution in [2.45, 2.75) is 26.3 Å². The molecule has 1 aliphatic rings. The SMILES string of the molecule is COC(=O)c1ccc(C)c(N[C@@H]2CC(=O)N(c3ccc(C(C)=O)cc3)C2=O)c1. The number of esters is 1. The molecule has 3 rings (SSSR count). The summed E-state index contributed by atoms with van der Waals surface area (Å²) >= 11 is 0. The van der Waals surface area contributed by atoms with Crippen LogP contribution in [0.1, 0.15) is 39.6 Å². The molecule has 1 heterocycles. The summed E-state index contributed by atoms with van der Waals surface area (Å²) < 4.78 is 4.72. The quantitative estimate of drug-likeness (QED) is 0.487. The van der Waals surface area contributed by atoms with Gasteiger partial charge in [-0.15, -0.1) is 0 Å². The lowest BCUT2D eigenvalue weighted by Gasteiger charge is -2.17. The molecule has 144 valence electrons. The number of ketones is 1. The van der Waals surface area contributed by atoms with E-state index in [2.05, 4.69) is 5.32 Å². The van der Waals surface area contributed by atoms with Gasteiger partial charge in [-0.2, -0.15) is 0 Å². The van der Waals surface area contributed by atoms with Gasteiger partial charge in [-0.3, -0.25) is 14.4 Å². The summed E-state index contributed by atoms with van der Waals surface area (Å²) in [6.07, 6.45) is -0.00478. The maximum Gasteiger partial charge on any atom is 0.337 e. The number of methoxy groups -OCH3 is 1. The van der Waals surface area contributed by atoms with Gasteiger partial charge < -0.3 is 10.1 Å². The van der Waals surface area contributed by atoms with Crippen LogP contribution < -0.4 is 10.2 Å². The zero-order valence-electron chi connectivity index (χ0n) is 15.8. The van der Waals surface area contributed by atoms with Crippen LogP contribution in [0.4, 0.5) is 11.4 Å². The van der Waals surface area contributed by atoms with Crippen molar-refractivity contribution < 1.29 is 23.9 Å². The molecule has 1 atom stereocenters. The second kappa shape index (κ2) is 7.64. The van der Waals surface area contributed by atoms with E-state index in [4.69, 9.17) is 4.74 Å². The Kier molecular flexibility index (Phi) is 5.26. The van der Waals surface area contributed by atoms with E-state index in [1.54, 1.807) is 42.5 Å². The summed E-state index contributed by atoms with van der Waals surface area (Å²) in [6, 6.07) is 10.6. The van der Waals surface area contributed by atoms with Gasteiger partial charge in [-0.05, 0) is 55.8 Å². The average Bonchev–Trinajstić information content (AvgIpc) is 2.96. The second-order valence-electron chi connectivity index (χ2n) is 6.59. The van der Waals surface area contributed by atoms with E-state index < -0.39 is 12.0 Å². The molecule has 1 fully saturated rings. The highest BCUT2D eigenvalue weighted by atomic mass is 16.5. The first-order valence-electron chi connectivity index (χ1n) is 8.75. The van der Waals surface area contributed by atoms with Crippen LogP contribution in [-0.4, -0.2) is 36.7 Å². The van der Waals surface area contributed by atoms with E-state index in [-0.39, 0.29) is 24.0 Å². The summed E-state index contributed by atoms with van der Waals surface area (Å²) in [5.74, 6) is -1.29. The number of aryl methyl sites for hydroxylation is 1. The van der Waals surface area contributed by atoms with E-state index in [9.17, 15) is 19.2 Å². The van der Waals surface area contributed by atoms with Crippen molar-refractivity contribution >= 4 is 34.9 Å².